The van der Waals surface area contributed by atoms with Crippen molar-refractivity contribution in [2.75, 3.05) is 25.5 Å². The van der Waals surface area contributed by atoms with Gasteiger partial charge in [-0.15, -0.1) is 0 Å². The summed E-state index contributed by atoms with van der Waals surface area (Å²) in [5, 5.41) is 12.7. The number of nitrogens with one attached hydrogen (secondary N) is 1. The Morgan fingerprint density at radius 2 is 1.63 bits per heavy atom. The Labute approximate surface area is 175 Å². The van der Waals surface area contributed by atoms with Crippen LogP contribution in [0.15, 0.2) is 47.4 Å². The Morgan fingerprint density at radius 3 is 2.23 bits per heavy atom. The van der Waals surface area contributed by atoms with E-state index < -0.39 is 27.6 Å². The molecule has 2 aromatic rings. The van der Waals surface area contributed by atoms with Crippen molar-refractivity contribution in [2.45, 2.75) is 30.6 Å². The van der Waals surface area contributed by atoms with E-state index in [1.807, 2.05) is 0 Å². The van der Waals surface area contributed by atoms with E-state index in [9.17, 15) is 23.1 Å². The summed E-state index contributed by atoms with van der Waals surface area (Å²) in [6, 6.07) is 9.96. The van der Waals surface area contributed by atoms with E-state index in [0.29, 0.717) is 13.1 Å². The van der Waals surface area contributed by atoms with Gasteiger partial charge in [-0.05, 0) is 49.2 Å². The van der Waals surface area contributed by atoms with E-state index in [-0.39, 0.29) is 21.7 Å². The SMILES string of the molecule is COC(=O)c1cccc(NC(=O)c2ccc(S(=O)(=O)N3CCCCCC3)cc2)c1O. The van der Waals surface area contributed by atoms with Crippen LogP contribution in [0.2, 0.25) is 0 Å². The number of benzene rings is 2. The molecule has 2 N–H and O–H groups in total. The molecule has 0 aliphatic carbocycles. The lowest BCUT2D eigenvalue weighted by Crippen LogP contribution is -2.31. The molecule has 0 radical (unpaired) electrons. The maximum atomic E-state index is 12.8. The van der Waals surface area contributed by atoms with E-state index in [1.54, 1.807) is 0 Å². The zero-order chi connectivity index (χ0) is 21.7. The molecule has 1 amide bonds. The molecule has 0 spiro atoms. The van der Waals surface area contributed by atoms with Gasteiger partial charge < -0.3 is 15.2 Å². The monoisotopic (exact) mass is 432 g/mol. The molecule has 0 aromatic heterocycles. The summed E-state index contributed by atoms with van der Waals surface area (Å²) in [7, 11) is -2.41. The van der Waals surface area contributed by atoms with E-state index in [2.05, 4.69) is 10.1 Å². The quantitative estimate of drug-likeness (QED) is 0.555. The van der Waals surface area contributed by atoms with Gasteiger partial charge in [0, 0.05) is 18.7 Å². The fourth-order valence-corrected chi connectivity index (χ4v) is 4.84. The number of sulfonamides is 1. The van der Waals surface area contributed by atoms with Crippen molar-refractivity contribution < 1.29 is 27.9 Å². The number of amides is 1. The van der Waals surface area contributed by atoms with Gasteiger partial charge in [-0.1, -0.05) is 18.9 Å². The molecule has 0 atom stereocenters. The average molecular weight is 432 g/mol. The maximum Gasteiger partial charge on any atom is 0.341 e. The summed E-state index contributed by atoms with van der Waals surface area (Å²) in [6.45, 7) is 1.00. The van der Waals surface area contributed by atoms with Crippen LogP contribution in [0.4, 0.5) is 5.69 Å². The summed E-state index contributed by atoms with van der Waals surface area (Å²) in [6.07, 6.45) is 3.73. The molecule has 1 fully saturated rings. The minimum Gasteiger partial charge on any atom is -0.505 e. The minimum atomic E-state index is -3.60. The van der Waals surface area contributed by atoms with E-state index in [4.69, 9.17) is 0 Å². The number of hydrogen-bond donors (Lipinski definition) is 2. The highest BCUT2D eigenvalue weighted by molar-refractivity contribution is 7.89. The number of methoxy groups -OCH3 is 1. The van der Waals surface area contributed by atoms with Crippen LogP contribution >= 0.6 is 0 Å². The van der Waals surface area contributed by atoms with E-state index >= 15 is 0 Å². The smallest absolute Gasteiger partial charge is 0.341 e. The predicted molar refractivity (Wildman–Crippen MR) is 111 cm³/mol. The molecule has 0 unspecified atom stereocenters. The summed E-state index contributed by atoms with van der Waals surface area (Å²) in [5.74, 6) is -1.68. The summed E-state index contributed by atoms with van der Waals surface area (Å²) < 4.78 is 31.8. The molecule has 2 aromatic carbocycles. The zero-order valence-electron chi connectivity index (χ0n) is 16.6. The molecule has 1 heterocycles. The van der Waals surface area contributed by atoms with Gasteiger partial charge in [0.2, 0.25) is 10.0 Å². The standard InChI is InChI=1S/C21H24N2O6S/c1-29-21(26)17-7-6-8-18(19(17)24)22-20(25)15-9-11-16(12-10-15)30(27,28)23-13-4-2-3-5-14-23/h6-12,24H,2-5,13-14H2,1H3,(H,22,25). The minimum absolute atomic E-state index is 0.0455. The van der Waals surface area contributed by atoms with Gasteiger partial charge in [0.25, 0.3) is 5.91 Å². The van der Waals surface area contributed by atoms with Crippen LogP contribution in [-0.4, -0.2) is 49.9 Å². The Balaban J connectivity index is 1.77. The molecule has 30 heavy (non-hydrogen) atoms. The number of hydrogen-bond acceptors (Lipinski definition) is 6. The van der Waals surface area contributed by atoms with Gasteiger partial charge in [0.15, 0.2) is 5.75 Å². The van der Waals surface area contributed by atoms with Crippen molar-refractivity contribution in [1.82, 2.24) is 4.31 Å². The molecular formula is C21H24N2O6S. The number of rotatable bonds is 5. The Bertz CT molecular complexity index is 1030. The second-order valence-electron chi connectivity index (χ2n) is 6.99. The summed E-state index contributed by atoms with van der Waals surface area (Å²) >= 11 is 0. The summed E-state index contributed by atoms with van der Waals surface area (Å²) in [5.41, 5.74) is 0.186. The Hall–Kier alpha value is -2.91. The van der Waals surface area contributed by atoms with Crippen LogP contribution in [0.25, 0.3) is 0 Å². The van der Waals surface area contributed by atoms with E-state index in [1.165, 1.54) is 53.9 Å². The van der Waals surface area contributed by atoms with Crippen molar-refractivity contribution in [3.63, 3.8) is 0 Å². The number of aromatic hydroxyl groups is 1. The lowest BCUT2D eigenvalue weighted by molar-refractivity contribution is 0.0597. The molecule has 160 valence electrons. The zero-order valence-corrected chi connectivity index (χ0v) is 17.4. The lowest BCUT2D eigenvalue weighted by atomic mass is 10.1. The number of esters is 1. The van der Waals surface area contributed by atoms with E-state index in [0.717, 1.165) is 25.7 Å². The van der Waals surface area contributed by atoms with Crippen LogP contribution in [-0.2, 0) is 14.8 Å². The molecule has 3 rings (SSSR count). The van der Waals surface area contributed by atoms with Gasteiger partial charge in [-0.3, -0.25) is 4.79 Å². The van der Waals surface area contributed by atoms with Crippen molar-refractivity contribution in [2.24, 2.45) is 0 Å². The fraction of sp³-hybridized carbons (Fsp3) is 0.333. The Kier molecular flexibility index (Phi) is 6.73. The topological polar surface area (TPSA) is 113 Å². The van der Waals surface area contributed by atoms with Crippen LogP contribution in [0.5, 0.6) is 5.75 Å². The van der Waals surface area contributed by atoms with Gasteiger partial charge >= 0.3 is 5.97 Å². The predicted octanol–water partition coefficient (Wildman–Crippen LogP) is 3.00. The molecule has 1 aliphatic heterocycles. The third kappa shape index (κ3) is 4.63. The number of carbonyl (C=O) groups excluding carboxylic acids is 2. The van der Waals surface area contributed by atoms with Gasteiger partial charge in [-0.2, -0.15) is 4.31 Å². The largest absolute Gasteiger partial charge is 0.505 e. The average Bonchev–Trinajstić information content (AvgIpc) is 3.05. The van der Waals surface area contributed by atoms with Crippen LogP contribution in [0.3, 0.4) is 0 Å². The number of phenols is 1. The van der Waals surface area contributed by atoms with Gasteiger partial charge in [0.1, 0.15) is 5.56 Å². The normalized spacial score (nSPS) is 15.2. The Morgan fingerprint density at radius 1 is 1.00 bits per heavy atom. The first-order valence-electron chi connectivity index (χ1n) is 9.66. The molecule has 8 nitrogen and oxygen atoms in total. The second-order valence-corrected chi connectivity index (χ2v) is 8.93. The van der Waals surface area contributed by atoms with Crippen molar-refractivity contribution >= 4 is 27.6 Å². The number of anilines is 1. The first-order valence-corrected chi connectivity index (χ1v) is 11.1. The number of ether oxygens (including phenoxy) is 1. The fourth-order valence-electron chi connectivity index (χ4n) is 3.32. The third-order valence-corrected chi connectivity index (χ3v) is 6.92. The number of phenolic OH excluding ortho intramolecular Hbond substituents is 1. The van der Waals surface area contributed by atoms with Crippen LogP contribution in [0.1, 0.15) is 46.4 Å². The molecule has 9 heteroatoms. The summed E-state index contributed by atoms with van der Waals surface area (Å²) in [4.78, 5) is 24.3. The maximum absolute atomic E-state index is 12.8. The number of nitrogens with zero attached hydrogens (tertiary/aromatic N) is 1. The lowest BCUT2D eigenvalue weighted by Gasteiger charge is -2.20. The molecule has 0 saturated carbocycles. The highest BCUT2D eigenvalue weighted by atomic mass is 32.2. The van der Waals surface area contributed by atoms with Gasteiger partial charge in [0.05, 0.1) is 17.7 Å². The molecular weight excluding hydrogens is 408 g/mol. The second kappa shape index (κ2) is 9.27. The van der Waals surface area contributed by atoms with Gasteiger partial charge in [-0.25, -0.2) is 13.2 Å². The first kappa shape index (κ1) is 21.8. The van der Waals surface area contributed by atoms with Crippen molar-refractivity contribution in [3.05, 3.63) is 53.6 Å². The number of para-hydroxylation sites is 1. The van der Waals surface area contributed by atoms with Crippen LogP contribution in [0, 0.1) is 0 Å². The van der Waals surface area contributed by atoms with Crippen molar-refractivity contribution in [3.8, 4) is 5.75 Å². The highest BCUT2D eigenvalue weighted by Crippen LogP contribution is 2.28. The molecule has 1 aliphatic rings. The van der Waals surface area contributed by atoms with Crippen molar-refractivity contribution in [1.29, 1.82) is 0 Å². The highest BCUT2D eigenvalue weighted by Gasteiger charge is 2.25. The van der Waals surface area contributed by atoms with Crippen LogP contribution < -0.4 is 5.32 Å². The third-order valence-electron chi connectivity index (χ3n) is 5.01. The first-order chi connectivity index (χ1) is 14.3. The molecule has 1 saturated heterocycles. The number of carbonyl (C=O) groups is 2. The molecule has 0 bridgehead atoms.